The molecule has 0 saturated carbocycles. The van der Waals surface area contributed by atoms with Gasteiger partial charge in [-0.2, -0.15) is 4.98 Å². The molecule has 30 heavy (non-hydrogen) atoms. The van der Waals surface area contributed by atoms with Crippen molar-refractivity contribution in [1.29, 1.82) is 0 Å². The summed E-state index contributed by atoms with van der Waals surface area (Å²) in [5, 5.41) is 4.07. The minimum absolute atomic E-state index is 0.0528. The largest absolute Gasteiger partial charge is 0.493 e. The molecule has 1 heterocycles. The van der Waals surface area contributed by atoms with Gasteiger partial charge in [0.1, 0.15) is 0 Å². The number of carbonyl (C=O) groups excluding carboxylic acids is 1. The van der Waals surface area contributed by atoms with E-state index in [9.17, 15) is 4.79 Å². The number of hydrogen-bond donors (Lipinski definition) is 0. The van der Waals surface area contributed by atoms with Gasteiger partial charge in [-0.1, -0.05) is 42.4 Å². The van der Waals surface area contributed by atoms with Crippen molar-refractivity contribution in [2.75, 3.05) is 20.8 Å². The highest BCUT2D eigenvalue weighted by Crippen LogP contribution is 2.31. The van der Waals surface area contributed by atoms with Crippen LogP contribution in [0.1, 0.15) is 37.6 Å². The van der Waals surface area contributed by atoms with Crippen LogP contribution in [-0.2, 0) is 11.3 Å². The summed E-state index contributed by atoms with van der Waals surface area (Å²) in [6.45, 7) is 4.78. The van der Waals surface area contributed by atoms with Crippen molar-refractivity contribution >= 4 is 5.91 Å². The third kappa shape index (κ3) is 4.62. The van der Waals surface area contributed by atoms with Crippen molar-refractivity contribution in [2.24, 2.45) is 0 Å². The van der Waals surface area contributed by atoms with Crippen LogP contribution in [0.4, 0.5) is 0 Å². The van der Waals surface area contributed by atoms with Gasteiger partial charge in [0.25, 0.3) is 0 Å². The van der Waals surface area contributed by atoms with E-state index in [1.54, 1.807) is 31.3 Å². The van der Waals surface area contributed by atoms with Crippen LogP contribution in [0.15, 0.2) is 53.1 Å². The van der Waals surface area contributed by atoms with Gasteiger partial charge >= 0.3 is 0 Å². The average Bonchev–Trinajstić information content (AvgIpc) is 3.26. The van der Waals surface area contributed by atoms with E-state index in [2.05, 4.69) is 10.1 Å². The number of benzene rings is 2. The van der Waals surface area contributed by atoms with E-state index in [0.29, 0.717) is 29.8 Å². The van der Waals surface area contributed by atoms with Gasteiger partial charge in [-0.25, -0.2) is 0 Å². The topological polar surface area (TPSA) is 77.7 Å². The molecule has 0 saturated heterocycles. The summed E-state index contributed by atoms with van der Waals surface area (Å²) >= 11 is 0. The summed E-state index contributed by atoms with van der Waals surface area (Å²) in [4.78, 5) is 19.4. The highest BCUT2D eigenvalue weighted by Gasteiger charge is 2.25. The lowest BCUT2D eigenvalue weighted by atomic mass is 9.95. The van der Waals surface area contributed by atoms with E-state index in [4.69, 9.17) is 14.0 Å². The van der Waals surface area contributed by atoms with Crippen LogP contribution in [0.2, 0.25) is 0 Å². The second kappa shape index (κ2) is 9.91. The molecular weight excluding hydrogens is 382 g/mol. The zero-order valence-electron chi connectivity index (χ0n) is 17.8. The zero-order chi connectivity index (χ0) is 21.5. The normalized spacial score (nSPS) is 11.7. The van der Waals surface area contributed by atoms with Crippen LogP contribution in [0.25, 0.3) is 11.4 Å². The summed E-state index contributed by atoms with van der Waals surface area (Å²) in [6.07, 6.45) is 0.722. The van der Waals surface area contributed by atoms with Gasteiger partial charge in [-0.05, 0) is 37.1 Å². The van der Waals surface area contributed by atoms with E-state index >= 15 is 0 Å². The van der Waals surface area contributed by atoms with Gasteiger partial charge in [-0.3, -0.25) is 4.79 Å². The Kier molecular flexibility index (Phi) is 7.06. The van der Waals surface area contributed by atoms with Crippen LogP contribution < -0.4 is 9.47 Å². The molecule has 1 aromatic heterocycles. The zero-order valence-corrected chi connectivity index (χ0v) is 17.8. The molecule has 0 aliphatic carbocycles. The quantitative estimate of drug-likeness (QED) is 0.524. The number of ether oxygens (including phenoxy) is 2. The van der Waals surface area contributed by atoms with Crippen LogP contribution in [-0.4, -0.2) is 41.7 Å². The summed E-state index contributed by atoms with van der Waals surface area (Å²) in [6, 6.07) is 15.2. The summed E-state index contributed by atoms with van der Waals surface area (Å²) in [5.41, 5.74) is 1.76. The Morgan fingerprint density at radius 2 is 1.80 bits per heavy atom. The fraction of sp³-hybridized carbons (Fsp3) is 0.348. The molecule has 1 unspecified atom stereocenters. The first kappa shape index (κ1) is 21.4. The molecule has 1 amide bonds. The van der Waals surface area contributed by atoms with E-state index in [0.717, 1.165) is 17.5 Å². The molecule has 158 valence electrons. The number of hydrogen-bond acceptors (Lipinski definition) is 6. The second-order valence-corrected chi connectivity index (χ2v) is 6.81. The number of carbonyl (C=O) groups is 1. The molecule has 7 heteroatoms. The van der Waals surface area contributed by atoms with Crippen LogP contribution in [0.5, 0.6) is 11.5 Å². The minimum atomic E-state index is -0.195. The van der Waals surface area contributed by atoms with Crippen molar-refractivity contribution in [3.8, 4) is 22.9 Å². The molecule has 0 N–H and O–H groups in total. The first-order valence-corrected chi connectivity index (χ1v) is 9.99. The van der Waals surface area contributed by atoms with Crippen molar-refractivity contribution < 1.29 is 18.8 Å². The molecule has 7 nitrogen and oxygen atoms in total. The van der Waals surface area contributed by atoms with Gasteiger partial charge in [0.05, 0.1) is 26.7 Å². The molecule has 1 atom stereocenters. The summed E-state index contributed by atoms with van der Waals surface area (Å²) in [7, 11) is 3.16. The molecule has 3 rings (SSSR count). The predicted molar refractivity (Wildman–Crippen MR) is 113 cm³/mol. The Morgan fingerprint density at radius 3 is 2.43 bits per heavy atom. The van der Waals surface area contributed by atoms with Crippen LogP contribution in [0, 0.1) is 0 Å². The van der Waals surface area contributed by atoms with Gasteiger partial charge in [0.15, 0.2) is 11.5 Å². The third-order valence-electron chi connectivity index (χ3n) is 5.04. The number of nitrogens with zero attached hydrogens (tertiary/aromatic N) is 3. The highest BCUT2D eigenvalue weighted by molar-refractivity contribution is 5.83. The lowest BCUT2D eigenvalue weighted by Crippen LogP contribution is -2.34. The third-order valence-corrected chi connectivity index (χ3v) is 5.04. The van der Waals surface area contributed by atoms with Crippen molar-refractivity contribution in [3.05, 3.63) is 60.0 Å². The van der Waals surface area contributed by atoms with Gasteiger partial charge < -0.3 is 18.9 Å². The first-order chi connectivity index (χ1) is 14.6. The average molecular weight is 409 g/mol. The first-order valence-electron chi connectivity index (χ1n) is 9.99. The summed E-state index contributed by atoms with van der Waals surface area (Å²) in [5.74, 6) is 1.89. The van der Waals surface area contributed by atoms with Crippen molar-refractivity contribution in [2.45, 2.75) is 32.7 Å². The molecule has 0 radical (unpaired) electrons. The number of methoxy groups -OCH3 is 2. The number of likely N-dealkylation sites (N-methyl/N-ethyl adjacent to an activating group) is 1. The maximum atomic E-state index is 13.1. The lowest BCUT2D eigenvalue weighted by molar-refractivity contribution is -0.133. The Morgan fingerprint density at radius 1 is 1.07 bits per heavy atom. The standard InChI is InChI=1S/C23H27N3O4/c1-5-18(16-10-8-7-9-11-16)23(27)26(6-2)15-21-24-22(25-30-21)17-12-13-19(28-3)20(14-17)29-4/h7-14,18H,5-6,15H2,1-4H3. The second-order valence-electron chi connectivity index (χ2n) is 6.81. The van der Waals surface area contributed by atoms with Gasteiger partial charge in [-0.15, -0.1) is 0 Å². The molecule has 3 aromatic rings. The fourth-order valence-corrected chi connectivity index (χ4v) is 3.38. The Bertz CT molecular complexity index is 972. The van der Waals surface area contributed by atoms with Crippen LogP contribution in [0.3, 0.4) is 0 Å². The van der Waals surface area contributed by atoms with Crippen LogP contribution >= 0.6 is 0 Å². The Hall–Kier alpha value is -3.35. The molecule has 0 fully saturated rings. The number of amides is 1. The van der Waals surface area contributed by atoms with E-state index in [1.165, 1.54) is 0 Å². The highest BCUT2D eigenvalue weighted by atomic mass is 16.5. The fourth-order valence-electron chi connectivity index (χ4n) is 3.38. The lowest BCUT2D eigenvalue weighted by Gasteiger charge is -2.24. The summed E-state index contributed by atoms with van der Waals surface area (Å²) < 4.78 is 16.0. The van der Waals surface area contributed by atoms with E-state index < -0.39 is 0 Å². The smallest absolute Gasteiger partial charge is 0.246 e. The molecular formula is C23H27N3O4. The monoisotopic (exact) mass is 409 g/mol. The van der Waals surface area contributed by atoms with Crippen molar-refractivity contribution in [3.63, 3.8) is 0 Å². The maximum Gasteiger partial charge on any atom is 0.246 e. The number of rotatable bonds is 9. The SMILES string of the molecule is CCC(C(=O)N(CC)Cc1nc(-c2ccc(OC)c(OC)c2)no1)c1ccccc1. The maximum absolute atomic E-state index is 13.1. The van der Waals surface area contributed by atoms with Crippen molar-refractivity contribution in [1.82, 2.24) is 15.0 Å². The Labute approximate surface area is 176 Å². The van der Waals surface area contributed by atoms with Gasteiger partial charge in [0.2, 0.25) is 17.6 Å². The van der Waals surface area contributed by atoms with E-state index in [1.807, 2.05) is 50.2 Å². The molecule has 0 aliphatic rings. The van der Waals surface area contributed by atoms with Gasteiger partial charge in [0, 0.05) is 12.1 Å². The molecule has 0 aliphatic heterocycles. The minimum Gasteiger partial charge on any atom is -0.493 e. The Balaban J connectivity index is 1.77. The molecule has 2 aromatic carbocycles. The predicted octanol–water partition coefficient (Wildman–Crippen LogP) is 4.30. The van der Waals surface area contributed by atoms with E-state index in [-0.39, 0.29) is 18.4 Å². The molecule has 0 spiro atoms. The molecule has 0 bridgehead atoms. The number of aromatic nitrogens is 2.